The predicted octanol–water partition coefficient (Wildman–Crippen LogP) is 1.49. The van der Waals surface area contributed by atoms with E-state index in [2.05, 4.69) is 12.1 Å². The van der Waals surface area contributed by atoms with Crippen molar-refractivity contribution in [3.8, 4) is 11.1 Å². The third kappa shape index (κ3) is 3.41. The summed E-state index contributed by atoms with van der Waals surface area (Å²) in [5, 5.41) is 19.5. The largest absolute Gasteiger partial charge is 0.508 e. The maximum Gasteiger partial charge on any atom is 0.508 e. The Morgan fingerprint density at radius 1 is 1.11 bits per heavy atom. The summed E-state index contributed by atoms with van der Waals surface area (Å²) in [4.78, 5) is 12.3. The molecule has 2 aromatic rings. The van der Waals surface area contributed by atoms with Gasteiger partial charge >= 0.3 is 6.16 Å². The summed E-state index contributed by atoms with van der Waals surface area (Å²) in [5.41, 5.74) is 4.55. The monoisotopic (exact) mass is 382 g/mol. The van der Waals surface area contributed by atoms with Crippen LogP contribution < -0.4 is 0 Å². The molecule has 0 saturated carbocycles. The number of carbonyl (C=O) groups is 1. The molecule has 6 nitrogen and oxygen atoms in total. The molecule has 2 aromatic carbocycles. The van der Waals surface area contributed by atoms with Crippen molar-refractivity contribution in [1.82, 2.24) is 0 Å². The minimum Gasteiger partial charge on any atom is -0.433 e. The number of hydrogen-bond donors (Lipinski definition) is 2. The quantitative estimate of drug-likeness (QED) is 0.616. The van der Waals surface area contributed by atoms with E-state index < -0.39 is 24.5 Å². The number of benzene rings is 2. The van der Waals surface area contributed by atoms with Crippen molar-refractivity contribution in [3.63, 3.8) is 0 Å². The fourth-order valence-corrected chi connectivity index (χ4v) is 4.10. The van der Waals surface area contributed by atoms with Gasteiger partial charge in [0.15, 0.2) is 0 Å². The van der Waals surface area contributed by atoms with Gasteiger partial charge in [-0.2, -0.15) is 0 Å². The third-order valence-corrected chi connectivity index (χ3v) is 5.59. The van der Waals surface area contributed by atoms with E-state index in [4.69, 9.17) is 14.2 Å². The second kappa shape index (κ2) is 7.95. The van der Waals surface area contributed by atoms with Gasteiger partial charge in [-0.05, 0) is 28.1 Å². The van der Waals surface area contributed by atoms with Crippen LogP contribution in [0.25, 0.3) is 11.1 Å². The van der Waals surface area contributed by atoms with Crippen LogP contribution >= 0.6 is 0 Å². The lowest BCUT2D eigenvalue weighted by Crippen LogP contribution is -2.51. The van der Waals surface area contributed by atoms with Crippen LogP contribution in [-0.2, 0) is 14.2 Å². The molecule has 2 aliphatic rings. The Kier molecular flexibility index (Phi) is 5.39. The minimum atomic E-state index is -1.09. The molecule has 4 atom stereocenters. The Balaban J connectivity index is 1.44. The van der Waals surface area contributed by atoms with E-state index >= 15 is 0 Å². The molecular formula is C21H23BO6. The maximum atomic E-state index is 12.3. The molecule has 1 heterocycles. The summed E-state index contributed by atoms with van der Waals surface area (Å²) in [7, 11) is 1.82. The Morgan fingerprint density at radius 2 is 1.71 bits per heavy atom. The van der Waals surface area contributed by atoms with Gasteiger partial charge in [-0.3, -0.25) is 0 Å². The number of aliphatic hydroxyl groups is 2. The maximum absolute atomic E-state index is 12.3. The third-order valence-electron chi connectivity index (χ3n) is 5.59. The lowest BCUT2D eigenvalue weighted by Gasteiger charge is -2.37. The number of fused-ring (bicyclic) bond motifs is 3. The number of aliphatic hydroxyl groups excluding tert-OH is 2. The van der Waals surface area contributed by atoms with Gasteiger partial charge in [0.25, 0.3) is 0 Å². The van der Waals surface area contributed by atoms with Gasteiger partial charge in [0.2, 0.25) is 0 Å². The van der Waals surface area contributed by atoms with Crippen LogP contribution in [0.15, 0.2) is 48.5 Å². The zero-order valence-electron chi connectivity index (χ0n) is 15.7. The molecule has 1 aliphatic heterocycles. The van der Waals surface area contributed by atoms with E-state index in [1.165, 1.54) is 0 Å². The molecule has 1 aliphatic carbocycles. The van der Waals surface area contributed by atoms with Gasteiger partial charge in [-0.15, -0.1) is 0 Å². The molecule has 146 valence electrons. The van der Waals surface area contributed by atoms with E-state index in [0.717, 1.165) is 22.3 Å². The summed E-state index contributed by atoms with van der Waals surface area (Å²) >= 11 is 0. The molecule has 2 N–H and O–H groups in total. The number of ether oxygens (including phenoxy) is 3. The standard InChI is InChI=1S/C21H23BO6/c22-17-11-26-18(9-23)19(24)20(17)28-21(25)27-10-16-14-7-3-1-5-12(14)13-6-2-4-8-15(13)16/h1-8,16-20,23-24H,9-11,22H2. The van der Waals surface area contributed by atoms with Crippen LogP contribution in [0.5, 0.6) is 0 Å². The van der Waals surface area contributed by atoms with Crippen molar-refractivity contribution in [3.05, 3.63) is 59.7 Å². The second-order valence-corrected chi connectivity index (χ2v) is 7.39. The normalized spacial score (nSPS) is 26.4. The van der Waals surface area contributed by atoms with E-state index in [9.17, 15) is 15.0 Å². The SMILES string of the molecule is BC1COC(CO)C(O)C1OC(=O)OCC1c2ccccc2-c2ccccc21. The van der Waals surface area contributed by atoms with Crippen LogP contribution in [-0.4, -0.2) is 62.3 Å². The molecule has 0 aromatic heterocycles. The first-order valence-electron chi connectivity index (χ1n) is 9.52. The first-order valence-corrected chi connectivity index (χ1v) is 9.52. The fraction of sp³-hybridized carbons (Fsp3) is 0.381. The summed E-state index contributed by atoms with van der Waals surface area (Å²) in [6.45, 7) is 0.117. The van der Waals surface area contributed by atoms with Crippen LogP contribution in [0.2, 0.25) is 5.82 Å². The highest BCUT2D eigenvalue weighted by Gasteiger charge is 2.40. The molecule has 28 heavy (non-hydrogen) atoms. The van der Waals surface area contributed by atoms with E-state index in [0.29, 0.717) is 6.61 Å². The predicted molar refractivity (Wildman–Crippen MR) is 105 cm³/mol. The van der Waals surface area contributed by atoms with Gasteiger partial charge in [0, 0.05) is 12.5 Å². The highest BCUT2D eigenvalue weighted by Crippen LogP contribution is 2.44. The zero-order chi connectivity index (χ0) is 19.7. The molecule has 4 rings (SSSR count). The second-order valence-electron chi connectivity index (χ2n) is 7.39. The first-order chi connectivity index (χ1) is 13.6. The minimum absolute atomic E-state index is 0.0535. The average molecular weight is 382 g/mol. The van der Waals surface area contributed by atoms with Gasteiger partial charge in [0.05, 0.1) is 6.61 Å². The van der Waals surface area contributed by atoms with Crippen LogP contribution in [0.4, 0.5) is 4.79 Å². The molecule has 1 saturated heterocycles. The first kappa shape index (κ1) is 19.0. The number of rotatable bonds is 4. The Hall–Kier alpha value is -2.35. The number of hydrogen-bond acceptors (Lipinski definition) is 6. The Morgan fingerprint density at radius 3 is 2.32 bits per heavy atom. The zero-order valence-corrected chi connectivity index (χ0v) is 15.7. The van der Waals surface area contributed by atoms with Crippen molar-refractivity contribution in [2.24, 2.45) is 0 Å². The van der Waals surface area contributed by atoms with Crippen molar-refractivity contribution < 1.29 is 29.2 Å². The lowest BCUT2D eigenvalue weighted by atomic mass is 9.78. The summed E-state index contributed by atoms with van der Waals surface area (Å²) in [6, 6.07) is 16.2. The molecule has 0 radical (unpaired) electrons. The van der Waals surface area contributed by atoms with Crippen molar-refractivity contribution in [2.75, 3.05) is 19.8 Å². The van der Waals surface area contributed by atoms with E-state index in [-0.39, 0.29) is 24.9 Å². The van der Waals surface area contributed by atoms with Gasteiger partial charge < -0.3 is 24.4 Å². The van der Waals surface area contributed by atoms with Crippen LogP contribution in [0, 0.1) is 0 Å². The van der Waals surface area contributed by atoms with Crippen LogP contribution in [0.1, 0.15) is 17.0 Å². The molecule has 0 spiro atoms. The highest BCUT2D eigenvalue weighted by atomic mass is 16.7. The molecule has 0 amide bonds. The summed E-state index contributed by atoms with van der Waals surface area (Å²) < 4.78 is 16.2. The van der Waals surface area contributed by atoms with E-state index in [1.54, 1.807) is 0 Å². The topological polar surface area (TPSA) is 85.2 Å². The highest BCUT2D eigenvalue weighted by molar-refractivity contribution is 6.12. The molecule has 4 unspecified atom stereocenters. The van der Waals surface area contributed by atoms with Gasteiger partial charge in [-0.1, -0.05) is 48.5 Å². The Labute approximate surface area is 164 Å². The van der Waals surface area contributed by atoms with Crippen molar-refractivity contribution >= 4 is 14.0 Å². The van der Waals surface area contributed by atoms with Gasteiger partial charge in [0.1, 0.15) is 32.8 Å². The molecular weight excluding hydrogens is 359 g/mol. The molecule has 7 heteroatoms. The summed E-state index contributed by atoms with van der Waals surface area (Å²) in [5.74, 6) is -0.250. The lowest BCUT2D eigenvalue weighted by molar-refractivity contribution is -0.154. The van der Waals surface area contributed by atoms with Crippen LogP contribution in [0.3, 0.4) is 0 Å². The van der Waals surface area contributed by atoms with E-state index in [1.807, 2.05) is 44.2 Å². The molecule has 1 fully saturated rings. The van der Waals surface area contributed by atoms with Crippen molar-refractivity contribution in [2.45, 2.75) is 30.0 Å². The molecule has 0 bridgehead atoms. The van der Waals surface area contributed by atoms with Crippen molar-refractivity contribution in [1.29, 1.82) is 0 Å². The smallest absolute Gasteiger partial charge is 0.433 e. The fourth-order valence-electron chi connectivity index (χ4n) is 4.10. The number of carbonyl (C=O) groups excluding carboxylic acids is 1. The Bertz CT molecular complexity index is 811. The summed E-state index contributed by atoms with van der Waals surface area (Å²) in [6.07, 6.45) is -3.45. The van der Waals surface area contributed by atoms with Gasteiger partial charge in [-0.25, -0.2) is 4.79 Å². The average Bonchev–Trinajstić information content (AvgIpc) is 3.03.